The van der Waals surface area contributed by atoms with Crippen molar-refractivity contribution in [2.24, 2.45) is 5.92 Å². The van der Waals surface area contributed by atoms with Gasteiger partial charge in [0.15, 0.2) is 11.5 Å². The summed E-state index contributed by atoms with van der Waals surface area (Å²) >= 11 is 0. The molecule has 1 aliphatic heterocycles. The molecule has 1 aromatic heterocycles. The Labute approximate surface area is 146 Å². The zero-order valence-corrected chi connectivity index (χ0v) is 14.4. The van der Waals surface area contributed by atoms with Crippen LogP contribution >= 0.6 is 0 Å². The maximum atomic E-state index is 13.2. The summed E-state index contributed by atoms with van der Waals surface area (Å²) in [5, 5.41) is 9.62. The van der Waals surface area contributed by atoms with E-state index in [2.05, 4.69) is 0 Å². The van der Waals surface area contributed by atoms with Gasteiger partial charge in [0.1, 0.15) is 11.8 Å². The first kappa shape index (κ1) is 16.4. The second-order valence-electron chi connectivity index (χ2n) is 7.55. The summed E-state index contributed by atoms with van der Waals surface area (Å²) in [5.74, 6) is -0.283. The fourth-order valence-corrected chi connectivity index (χ4v) is 4.94. The van der Waals surface area contributed by atoms with Gasteiger partial charge >= 0.3 is 5.97 Å². The smallest absolute Gasteiger partial charge is 0.326 e. The molecule has 3 aliphatic rings. The topological polar surface area (TPSA) is 87.8 Å². The van der Waals surface area contributed by atoms with Gasteiger partial charge in [0.2, 0.25) is 0 Å². The number of likely N-dealkylation sites (tertiary alicyclic amines) is 1. The molecule has 134 valence electrons. The Hall–Kier alpha value is -2.11. The summed E-state index contributed by atoms with van der Waals surface area (Å²) in [6, 6.07) is -0.822. The molecular formula is C19H23NO5. The van der Waals surface area contributed by atoms with E-state index in [4.69, 9.17) is 4.42 Å². The number of carboxylic acid groups (broad SMARTS) is 1. The van der Waals surface area contributed by atoms with Gasteiger partial charge in [0, 0.05) is 24.4 Å². The summed E-state index contributed by atoms with van der Waals surface area (Å²) in [6.07, 6.45) is 6.32. The average Bonchev–Trinajstić information content (AvgIpc) is 3.14. The molecule has 0 aromatic carbocycles. The number of hydrogen-bond acceptors (Lipinski definition) is 4. The van der Waals surface area contributed by atoms with Gasteiger partial charge in [-0.1, -0.05) is 12.8 Å². The highest BCUT2D eigenvalue weighted by Crippen LogP contribution is 2.41. The fourth-order valence-electron chi connectivity index (χ4n) is 4.94. The highest BCUT2D eigenvalue weighted by Gasteiger charge is 2.49. The predicted molar refractivity (Wildman–Crippen MR) is 88.7 cm³/mol. The van der Waals surface area contributed by atoms with Crippen molar-refractivity contribution in [3.05, 3.63) is 22.6 Å². The highest BCUT2D eigenvalue weighted by atomic mass is 16.4. The second kappa shape index (κ2) is 6.00. The number of fused-ring (bicyclic) bond motifs is 2. The lowest BCUT2D eigenvalue weighted by Gasteiger charge is -2.32. The zero-order valence-electron chi connectivity index (χ0n) is 14.4. The monoisotopic (exact) mass is 345 g/mol. The fraction of sp³-hybridized carbons (Fsp3) is 0.632. The van der Waals surface area contributed by atoms with Gasteiger partial charge in [-0.15, -0.1) is 0 Å². The van der Waals surface area contributed by atoms with Crippen molar-refractivity contribution >= 4 is 17.7 Å². The van der Waals surface area contributed by atoms with Crippen molar-refractivity contribution in [2.75, 3.05) is 0 Å². The molecule has 2 fully saturated rings. The molecule has 3 atom stereocenters. The number of aliphatic carboxylic acids is 1. The maximum absolute atomic E-state index is 13.2. The molecule has 1 aromatic rings. The van der Waals surface area contributed by atoms with E-state index >= 15 is 0 Å². The number of Topliss-reactive ketones (excluding diaryl/α,β-unsaturated/α-hetero) is 1. The molecule has 1 saturated heterocycles. The van der Waals surface area contributed by atoms with Crippen LogP contribution in [-0.4, -0.2) is 39.7 Å². The Morgan fingerprint density at radius 1 is 1.16 bits per heavy atom. The number of carboxylic acids is 1. The van der Waals surface area contributed by atoms with E-state index in [1.54, 1.807) is 6.92 Å². The van der Waals surface area contributed by atoms with Gasteiger partial charge in [-0.3, -0.25) is 9.59 Å². The molecule has 0 spiro atoms. The third kappa shape index (κ3) is 2.50. The van der Waals surface area contributed by atoms with Gasteiger partial charge in [0.05, 0.1) is 5.56 Å². The van der Waals surface area contributed by atoms with Crippen molar-refractivity contribution < 1.29 is 23.9 Å². The molecule has 1 saturated carbocycles. The summed E-state index contributed by atoms with van der Waals surface area (Å²) in [7, 11) is 0. The van der Waals surface area contributed by atoms with Crippen LogP contribution in [0, 0.1) is 12.8 Å². The van der Waals surface area contributed by atoms with E-state index in [0.29, 0.717) is 36.1 Å². The Balaban J connectivity index is 1.72. The van der Waals surface area contributed by atoms with Crippen LogP contribution in [0.1, 0.15) is 77.2 Å². The molecular weight excluding hydrogens is 322 g/mol. The van der Waals surface area contributed by atoms with Gasteiger partial charge in [0.25, 0.3) is 5.91 Å². The third-order valence-corrected chi connectivity index (χ3v) is 6.11. The SMILES string of the molecule is Cc1c(C(=O)N2C(C(=O)O)CC3CCCCC32)oc2c1C(=O)CCC2. The zero-order chi connectivity index (χ0) is 17.7. The number of carbonyl (C=O) groups is 3. The molecule has 2 aliphatic carbocycles. The van der Waals surface area contributed by atoms with E-state index < -0.39 is 12.0 Å². The van der Waals surface area contributed by atoms with Crippen LogP contribution in [0.3, 0.4) is 0 Å². The minimum atomic E-state index is -0.951. The molecule has 25 heavy (non-hydrogen) atoms. The lowest BCUT2D eigenvalue weighted by Crippen LogP contribution is -2.46. The standard InChI is InChI=1S/C19H23NO5/c1-10-16-14(21)7-4-8-15(16)25-17(10)18(22)20-12-6-3-2-5-11(12)9-13(20)19(23)24/h11-13H,2-9H2,1H3,(H,23,24). The van der Waals surface area contributed by atoms with E-state index in [1.165, 1.54) is 4.90 Å². The van der Waals surface area contributed by atoms with E-state index in [-0.39, 0.29) is 29.4 Å². The van der Waals surface area contributed by atoms with Crippen molar-refractivity contribution in [2.45, 2.75) is 70.4 Å². The molecule has 0 radical (unpaired) electrons. The van der Waals surface area contributed by atoms with Gasteiger partial charge < -0.3 is 14.4 Å². The largest absolute Gasteiger partial charge is 0.480 e. The minimum Gasteiger partial charge on any atom is -0.480 e. The molecule has 0 bridgehead atoms. The lowest BCUT2D eigenvalue weighted by atomic mass is 9.84. The van der Waals surface area contributed by atoms with E-state index in [1.807, 2.05) is 0 Å². The van der Waals surface area contributed by atoms with Crippen LogP contribution in [0.2, 0.25) is 0 Å². The normalized spacial score (nSPS) is 28.6. The number of amides is 1. The van der Waals surface area contributed by atoms with Crippen LogP contribution in [0.15, 0.2) is 4.42 Å². The molecule has 3 unspecified atom stereocenters. The van der Waals surface area contributed by atoms with E-state index in [9.17, 15) is 19.5 Å². The molecule has 6 heteroatoms. The number of carbonyl (C=O) groups excluding carboxylic acids is 2. The first-order valence-electron chi connectivity index (χ1n) is 9.20. The molecule has 1 N–H and O–H groups in total. The molecule has 6 nitrogen and oxygen atoms in total. The Bertz CT molecular complexity index is 749. The average molecular weight is 345 g/mol. The summed E-state index contributed by atoms with van der Waals surface area (Å²) in [6.45, 7) is 1.74. The van der Waals surface area contributed by atoms with Crippen LogP contribution in [-0.2, 0) is 11.2 Å². The Morgan fingerprint density at radius 3 is 2.64 bits per heavy atom. The van der Waals surface area contributed by atoms with Crippen molar-refractivity contribution in [1.82, 2.24) is 4.90 Å². The Morgan fingerprint density at radius 2 is 1.92 bits per heavy atom. The number of hydrogen-bond donors (Lipinski definition) is 1. The van der Waals surface area contributed by atoms with Crippen LogP contribution in [0.25, 0.3) is 0 Å². The summed E-state index contributed by atoms with van der Waals surface area (Å²) < 4.78 is 5.78. The van der Waals surface area contributed by atoms with Crippen molar-refractivity contribution in [1.29, 1.82) is 0 Å². The summed E-state index contributed by atoms with van der Waals surface area (Å²) in [5.41, 5.74) is 1.12. The van der Waals surface area contributed by atoms with Gasteiger partial charge in [-0.05, 0) is 38.5 Å². The first-order valence-corrected chi connectivity index (χ1v) is 9.20. The molecule has 2 heterocycles. The maximum Gasteiger partial charge on any atom is 0.326 e. The lowest BCUT2D eigenvalue weighted by molar-refractivity contribution is -0.141. The van der Waals surface area contributed by atoms with Crippen molar-refractivity contribution in [3.8, 4) is 0 Å². The number of nitrogens with zero attached hydrogens (tertiary/aromatic N) is 1. The Kier molecular flexibility index (Phi) is 3.93. The van der Waals surface area contributed by atoms with Crippen molar-refractivity contribution in [3.63, 3.8) is 0 Å². The molecule has 4 rings (SSSR count). The van der Waals surface area contributed by atoms with Crippen LogP contribution < -0.4 is 0 Å². The van der Waals surface area contributed by atoms with Crippen LogP contribution in [0.4, 0.5) is 0 Å². The second-order valence-corrected chi connectivity index (χ2v) is 7.55. The quantitative estimate of drug-likeness (QED) is 0.890. The van der Waals surface area contributed by atoms with Gasteiger partial charge in [-0.25, -0.2) is 4.79 Å². The number of rotatable bonds is 2. The third-order valence-electron chi connectivity index (χ3n) is 6.11. The first-order chi connectivity index (χ1) is 12.0. The minimum absolute atomic E-state index is 0.0216. The number of aryl methyl sites for hydroxylation is 1. The number of furan rings is 1. The highest BCUT2D eigenvalue weighted by molar-refractivity contribution is 6.04. The molecule has 1 amide bonds. The van der Waals surface area contributed by atoms with E-state index in [0.717, 1.165) is 32.1 Å². The number of ketones is 1. The predicted octanol–water partition coefficient (Wildman–Crippen LogP) is 2.96. The summed E-state index contributed by atoms with van der Waals surface area (Å²) in [4.78, 5) is 38.7. The van der Waals surface area contributed by atoms with Crippen LogP contribution in [0.5, 0.6) is 0 Å². The van der Waals surface area contributed by atoms with Gasteiger partial charge in [-0.2, -0.15) is 0 Å².